The van der Waals surface area contributed by atoms with Crippen LogP contribution in [0.2, 0.25) is 0 Å². The SMILES string of the molecule is CC(C)(CN1CCOCC1)NC(=O)Cc1c[nH]c2ncccc12. The second-order valence-electron chi connectivity index (χ2n) is 6.71. The van der Waals surface area contributed by atoms with E-state index in [2.05, 4.69) is 34.0 Å². The molecule has 124 valence electrons. The number of nitrogens with one attached hydrogen (secondary N) is 2. The second kappa shape index (κ2) is 6.68. The molecule has 3 rings (SSSR count). The van der Waals surface area contributed by atoms with Crippen LogP contribution in [0.1, 0.15) is 19.4 Å². The molecule has 0 aliphatic carbocycles. The van der Waals surface area contributed by atoms with E-state index in [-0.39, 0.29) is 11.4 Å². The Morgan fingerprint density at radius 1 is 1.43 bits per heavy atom. The van der Waals surface area contributed by atoms with Crippen LogP contribution in [0, 0.1) is 0 Å². The van der Waals surface area contributed by atoms with Crippen LogP contribution in [0.5, 0.6) is 0 Å². The Balaban J connectivity index is 1.59. The quantitative estimate of drug-likeness (QED) is 0.873. The number of ether oxygens (including phenoxy) is 1. The van der Waals surface area contributed by atoms with Gasteiger partial charge in [0.15, 0.2) is 0 Å². The lowest BCUT2D eigenvalue weighted by Crippen LogP contribution is -2.53. The maximum Gasteiger partial charge on any atom is 0.224 e. The zero-order valence-electron chi connectivity index (χ0n) is 13.8. The van der Waals surface area contributed by atoms with Crippen molar-refractivity contribution in [3.8, 4) is 0 Å². The standard InChI is InChI=1S/C17H24N4O2/c1-17(2,12-21-6-8-23-9-7-21)20-15(22)10-13-11-19-16-14(13)4-3-5-18-16/h3-5,11H,6-10,12H2,1-2H3,(H,18,19)(H,20,22). The number of morpholine rings is 1. The van der Waals surface area contributed by atoms with Gasteiger partial charge in [0, 0.05) is 43.0 Å². The van der Waals surface area contributed by atoms with E-state index in [1.807, 2.05) is 18.3 Å². The van der Waals surface area contributed by atoms with Crippen molar-refractivity contribution in [3.05, 3.63) is 30.1 Å². The Labute approximate surface area is 136 Å². The first kappa shape index (κ1) is 16.0. The lowest BCUT2D eigenvalue weighted by molar-refractivity contribution is -0.122. The molecule has 6 nitrogen and oxygen atoms in total. The topological polar surface area (TPSA) is 70.2 Å². The van der Waals surface area contributed by atoms with Gasteiger partial charge >= 0.3 is 0 Å². The minimum absolute atomic E-state index is 0.0352. The third-order valence-electron chi connectivity index (χ3n) is 4.09. The van der Waals surface area contributed by atoms with Crippen molar-refractivity contribution in [2.75, 3.05) is 32.8 Å². The van der Waals surface area contributed by atoms with E-state index in [1.165, 1.54) is 0 Å². The van der Waals surface area contributed by atoms with E-state index in [1.54, 1.807) is 6.20 Å². The Hall–Kier alpha value is -1.92. The van der Waals surface area contributed by atoms with Crippen molar-refractivity contribution in [2.45, 2.75) is 25.8 Å². The van der Waals surface area contributed by atoms with Crippen LogP contribution in [0.25, 0.3) is 11.0 Å². The number of amides is 1. The van der Waals surface area contributed by atoms with Gasteiger partial charge in [0.25, 0.3) is 0 Å². The van der Waals surface area contributed by atoms with Gasteiger partial charge < -0.3 is 15.0 Å². The third-order valence-corrected chi connectivity index (χ3v) is 4.09. The molecule has 0 aromatic carbocycles. The van der Waals surface area contributed by atoms with Crippen molar-refractivity contribution in [3.63, 3.8) is 0 Å². The van der Waals surface area contributed by atoms with Crippen LogP contribution in [0.15, 0.2) is 24.5 Å². The number of H-pyrrole nitrogens is 1. The van der Waals surface area contributed by atoms with E-state index < -0.39 is 0 Å². The normalized spacial score (nSPS) is 16.6. The van der Waals surface area contributed by atoms with Crippen molar-refractivity contribution in [1.29, 1.82) is 0 Å². The molecule has 0 spiro atoms. The van der Waals surface area contributed by atoms with Crippen molar-refractivity contribution in [1.82, 2.24) is 20.2 Å². The van der Waals surface area contributed by atoms with Crippen molar-refractivity contribution < 1.29 is 9.53 Å². The molecule has 0 radical (unpaired) electrons. The average molecular weight is 316 g/mol. The van der Waals surface area contributed by atoms with Gasteiger partial charge in [-0.3, -0.25) is 9.69 Å². The number of hydrogen-bond acceptors (Lipinski definition) is 4. The summed E-state index contributed by atoms with van der Waals surface area (Å²) in [6.45, 7) is 8.35. The Morgan fingerprint density at radius 3 is 3.00 bits per heavy atom. The third kappa shape index (κ3) is 4.09. The van der Waals surface area contributed by atoms with Crippen molar-refractivity contribution in [2.24, 2.45) is 0 Å². The van der Waals surface area contributed by atoms with Crippen LogP contribution in [0.4, 0.5) is 0 Å². The van der Waals surface area contributed by atoms with Crippen molar-refractivity contribution >= 4 is 16.9 Å². The van der Waals surface area contributed by atoms with E-state index in [9.17, 15) is 4.79 Å². The molecule has 2 aromatic rings. The highest BCUT2D eigenvalue weighted by molar-refractivity contribution is 5.87. The molecular weight excluding hydrogens is 292 g/mol. The molecule has 0 bridgehead atoms. The maximum absolute atomic E-state index is 12.4. The number of fused-ring (bicyclic) bond motifs is 1. The van der Waals surface area contributed by atoms with E-state index in [0.29, 0.717) is 6.42 Å². The minimum Gasteiger partial charge on any atom is -0.379 e. The molecular formula is C17H24N4O2. The molecule has 2 N–H and O–H groups in total. The van der Waals surface area contributed by atoms with Crippen LogP contribution in [-0.4, -0.2) is 59.2 Å². The van der Waals surface area contributed by atoms with Crippen LogP contribution in [0.3, 0.4) is 0 Å². The Bertz CT molecular complexity index is 674. The van der Waals surface area contributed by atoms with Crippen LogP contribution in [-0.2, 0) is 16.0 Å². The highest BCUT2D eigenvalue weighted by atomic mass is 16.5. The molecule has 0 unspecified atom stereocenters. The number of carbonyl (C=O) groups is 1. The minimum atomic E-state index is -0.265. The summed E-state index contributed by atoms with van der Waals surface area (Å²) in [4.78, 5) is 22.1. The fraction of sp³-hybridized carbons (Fsp3) is 0.529. The summed E-state index contributed by atoms with van der Waals surface area (Å²) in [5.41, 5.74) is 1.54. The fourth-order valence-electron chi connectivity index (χ4n) is 3.11. The molecule has 1 fully saturated rings. The monoisotopic (exact) mass is 316 g/mol. The second-order valence-corrected chi connectivity index (χ2v) is 6.71. The van der Waals surface area contributed by atoms with Crippen LogP contribution < -0.4 is 5.32 Å². The predicted octanol–water partition coefficient (Wildman–Crippen LogP) is 1.33. The van der Waals surface area contributed by atoms with Gasteiger partial charge in [0.05, 0.1) is 19.6 Å². The smallest absolute Gasteiger partial charge is 0.224 e. The maximum atomic E-state index is 12.4. The molecule has 1 aliphatic heterocycles. The lowest BCUT2D eigenvalue weighted by Gasteiger charge is -2.35. The molecule has 23 heavy (non-hydrogen) atoms. The zero-order chi connectivity index (χ0) is 16.3. The Kier molecular flexibility index (Phi) is 4.63. The molecule has 1 amide bonds. The van der Waals surface area contributed by atoms with E-state index in [4.69, 9.17) is 4.74 Å². The van der Waals surface area contributed by atoms with E-state index >= 15 is 0 Å². The first-order valence-electron chi connectivity index (χ1n) is 8.06. The van der Waals surface area contributed by atoms with Crippen LogP contribution >= 0.6 is 0 Å². The highest BCUT2D eigenvalue weighted by Gasteiger charge is 2.25. The van der Waals surface area contributed by atoms with Gasteiger partial charge in [-0.25, -0.2) is 4.98 Å². The fourth-order valence-corrected chi connectivity index (χ4v) is 3.11. The van der Waals surface area contributed by atoms with Gasteiger partial charge in [0.2, 0.25) is 5.91 Å². The number of rotatable bonds is 5. The van der Waals surface area contributed by atoms with Gasteiger partial charge in [-0.15, -0.1) is 0 Å². The summed E-state index contributed by atoms with van der Waals surface area (Å²) < 4.78 is 5.37. The molecule has 2 aromatic heterocycles. The average Bonchev–Trinajstić information content (AvgIpc) is 2.90. The highest BCUT2D eigenvalue weighted by Crippen LogP contribution is 2.16. The molecule has 1 aliphatic rings. The number of carbonyl (C=O) groups excluding carboxylic acids is 1. The summed E-state index contributed by atoms with van der Waals surface area (Å²) in [5.74, 6) is 0.0352. The molecule has 0 saturated carbocycles. The predicted molar refractivity (Wildman–Crippen MR) is 89.3 cm³/mol. The van der Waals surface area contributed by atoms with Gasteiger partial charge in [-0.05, 0) is 31.5 Å². The summed E-state index contributed by atoms with van der Waals surface area (Å²) in [6, 6.07) is 3.88. The molecule has 1 saturated heterocycles. The number of hydrogen-bond donors (Lipinski definition) is 2. The number of aromatic amines is 1. The summed E-state index contributed by atoms with van der Waals surface area (Å²) in [6.07, 6.45) is 3.97. The first-order valence-corrected chi connectivity index (χ1v) is 8.06. The van der Waals surface area contributed by atoms with E-state index in [0.717, 1.165) is 49.4 Å². The summed E-state index contributed by atoms with van der Waals surface area (Å²) >= 11 is 0. The zero-order valence-corrected chi connectivity index (χ0v) is 13.8. The first-order chi connectivity index (χ1) is 11.0. The number of aromatic nitrogens is 2. The van der Waals surface area contributed by atoms with Gasteiger partial charge in [-0.1, -0.05) is 0 Å². The molecule has 6 heteroatoms. The lowest BCUT2D eigenvalue weighted by atomic mass is 10.0. The molecule has 3 heterocycles. The van der Waals surface area contributed by atoms with Gasteiger partial charge in [-0.2, -0.15) is 0 Å². The number of pyridine rings is 1. The Morgan fingerprint density at radius 2 is 2.22 bits per heavy atom. The summed E-state index contributed by atoms with van der Waals surface area (Å²) in [5, 5.41) is 4.16. The molecule has 0 atom stereocenters. The number of nitrogens with zero attached hydrogens (tertiary/aromatic N) is 2. The van der Waals surface area contributed by atoms with Gasteiger partial charge in [0.1, 0.15) is 5.65 Å². The largest absolute Gasteiger partial charge is 0.379 e. The summed E-state index contributed by atoms with van der Waals surface area (Å²) in [7, 11) is 0.